The molecule has 2 aromatic carbocycles. The third kappa shape index (κ3) is 3.83. The van der Waals surface area contributed by atoms with Gasteiger partial charge in [-0.3, -0.25) is 4.79 Å². The van der Waals surface area contributed by atoms with E-state index in [2.05, 4.69) is 16.8 Å². The fourth-order valence-corrected chi connectivity index (χ4v) is 3.63. The van der Waals surface area contributed by atoms with Crippen LogP contribution in [0.5, 0.6) is 11.5 Å². The fraction of sp³-hybridized carbons (Fsp3) is 0.261. The molecular weight excluding hydrogens is 388 g/mol. The minimum Gasteiger partial charge on any atom is -0.454 e. The molecular formula is C23H23ClN2O3. The van der Waals surface area contributed by atoms with E-state index in [9.17, 15) is 4.79 Å². The summed E-state index contributed by atoms with van der Waals surface area (Å²) in [5, 5.41) is 3.69. The maximum Gasteiger partial charge on any atom is 0.253 e. The molecule has 0 bridgehead atoms. The predicted molar refractivity (Wildman–Crippen MR) is 114 cm³/mol. The number of hydrogen-bond donors (Lipinski definition) is 1. The first-order valence-electron chi connectivity index (χ1n) is 9.75. The Morgan fingerprint density at radius 2 is 1.86 bits per heavy atom. The monoisotopic (exact) mass is 410 g/mol. The van der Waals surface area contributed by atoms with Gasteiger partial charge in [0.05, 0.1) is 11.3 Å². The van der Waals surface area contributed by atoms with Crippen LogP contribution in [-0.4, -0.2) is 23.8 Å². The molecule has 5 nitrogen and oxygen atoms in total. The second kappa shape index (κ2) is 8.21. The lowest BCUT2D eigenvalue weighted by molar-refractivity contribution is 0.0952. The quantitative estimate of drug-likeness (QED) is 0.556. The van der Waals surface area contributed by atoms with Crippen molar-refractivity contribution in [3.05, 3.63) is 64.8 Å². The number of aromatic nitrogens is 1. The summed E-state index contributed by atoms with van der Waals surface area (Å²) >= 11 is 6.08. The van der Waals surface area contributed by atoms with Crippen molar-refractivity contribution in [2.75, 3.05) is 13.3 Å². The van der Waals surface area contributed by atoms with Crippen LogP contribution in [0, 0.1) is 6.92 Å². The van der Waals surface area contributed by atoms with Crippen LogP contribution in [-0.2, 0) is 0 Å². The number of fused-ring (bicyclic) bond motifs is 1. The molecule has 6 heteroatoms. The van der Waals surface area contributed by atoms with Crippen molar-refractivity contribution in [2.45, 2.75) is 26.7 Å². The van der Waals surface area contributed by atoms with Crippen LogP contribution in [0.2, 0.25) is 5.02 Å². The lowest BCUT2D eigenvalue weighted by Gasteiger charge is -2.13. The Kier molecular flexibility index (Phi) is 5.49. The fourth-order valence-electron chi connectivity index (χ4n) is 3.50. The van der Waals surface area contributed by atoms with Gasteiger partial charge in [0.25, 0.3) is 5.91 Å². The van der Waals surface area contributed by atoms with Gasteiger partial charge in [0.2, 0.25) is 6.79 Å². The third-order valence-electron chi connectivity index (χ3n) is 5.06. The summed E-state index contributed by atoms with van der Waals surface area (Å²) in [6.45, 7) is 4.95. The standard InChI is InChI=1S/C23H23ClN2O3/c1-3-4-11-25-23(27)19-13-20(16-5-7-17(24)8-6-16)26(15(19)2)18-9-10-21-22(12-18)29-14-28-21/h5-10,12-13H,3-4,11,14H2,1-2H3,(H,25,27). The van der Waals surface area contributed by atoms with Crippen LogP contribution < -0.4 is 14.8 Å². The number of ether oxygens (including phenoxy) is 2. The highest BCUT2D eigenvalue weighted by molar-refractivity contribution is 6.30. The molecule has 1 N–H and O–H groups in total. The Balaban J connectivity index is 1.81. The number of carbonyl (C=O) groups is 1. The van der Waals surface area contributed by atoms with Gasteiger partial charge >= 0.3 is 0 Å². The van der Waals surface area contributed by atoms with E-state index in [0.717, 1.165) is 41.2 Å². The molecule has 0 spiro atoms. The number of hydrogen-bond acceptors (Lipinski definition) is 3. The van der Waals surface area contributed by atoms with Crippen molar-refractivity contribution < 1.29 is 14.3 Å². The van der Waals surface area contributed by atoms with Gasteiger partial charge in [-0.1, -0.05) is 37.1 Å². The minimum atomic E-state index is -0.0642. The Morgan fingerprint density at radius 3 is 2.62 bits per heavy atom. The molecule has 1 aliphatic rings. The Labute approximate surface area is 175 Å². The maximum absolute atomic E-state index is 12.8. The third-order valence-corrected chi connectivity index (χ3v) is 5.31. The first-order chi connectivity index (χ1) is 14.1. The summed E-state index contributed by atoms with van der Waals surface area (Å²) in [5.74, 6) is 1.36. The largest absolute Gasteiger partial charge is 0.454 e. The molecule has 0 saturated heterocycles. The van der Waals surface area contributed by atoms with Crippen molar-refractivity contribution >= 4 is 17.5 Å². The van der Waals surface area contributed by atoms with Crippen molar-refractivity contribution in [3.63, 3.8) is 0 Å². The lowest BCUT2D eigenvalue weighted by atomic mass is 10.1. The van der Waals surface area contributed by atoms with E-state index >= 15 is 0 Å². The van der Waals surface area contributed by atoms with E-state index in [-0.39, 0.29) is 12.7 Å². The van der Waals surface area contributed by atoms with Crippen molar-refractivity contribution in [1.29, 1.82) is 0 Å². The molecule has 0 aliphatic carbocycles. The number of amides is 1. The molecule has 0 atom stereocenters. The molecule has 150 valence electrons. The molecule has 0 saturated carbocycles. The van der Waals surface area contributed by atoms with E-state index in [0.29, 0.717) is 22.9 Å². The first kappa shape index (κ1) is 19.4. The van der Waals surface area contributed by atoms with E-state index in [1.807, 2.05) is 55.5 Å². The molecule has 4 rings (SSSR count). The van der Waals surface area contributed by atoms with Crippen molar-refractivity contribution in [1.82, 2.24) is 9.88 Å². The number of nitrogens with zero attached hydrogens (tertiary/aromatic N) is 1. The highest BCUT2D eigenvalue weighted by Gasteiger charge is 2.21. The smallest absolute Gasteiger partial charge is 0.253 e. The maximum atomic E-state index is 12.8. The molecule has 2 heterocycles. The number of benzene rings is 2. The van der Waals surface area contributed by atoms with Gasteiger partial charge in [-0.25, -0.2) is 0 Å². The Hall–Kier alpha value is -2.92. The number of rotatable bonds is 6. The highest BCUT2D eigenvalue weighted by Crippen LogP contribution is 2.37. The number of nitrogens with one attached hydrogen (secondary N) is 1. The summed E-state index contributed by atoms with van der Waals surface area (Å²) in [4.78, 5) is 12.8. The summed E-state index contributed by atoms with van der Waals surface area (Å²) < 4.78 is 13.1. The second-order valence-corrected chi connectivity index (χ2v) is 7.45. The summed E-state index contributed by atoms with van der Waals surface area (Å²) in [7, 11) is 0. The van der Waals surface area contributed by atoms with Crippen LogP contribution in [0.15, 0.2) is 48.5 Å². The molecule has 1 amide bonds. The first-order valence-corrected chi connectivity index (χ1v) is 10.1. The van der Waals surface area contributed by atoms with Crippen LogP contribution in [0.4, 0.5) is 0 Å². The van der Waals surface area contributed by atoms with Crippen molar-refractivity contribution in [2.24, 2.45) is 0 Å². The second-order valence-electron chi connectivity index (χ2n) is 7.02. The SMILES string of the molecule is CCCCNC(=O)c1cc(-c2ccc(Cl)cc2)n(-c2ccc3c(c2)OCO3)c1C. The zero-order chi connectivity index (χ0) is 20.4. The van der Waals surface area contributed by atoms with Crippen LogP contribution in [0.1, 0.15) is 35.8 Å². The van der Waals surface area contributed by atoms with E-state index < -0.39 is 0 Å². The zero-order valence-corrected chi connectivity index (χ0v) is 17.3. The number of halogens is 1. The average Bonchev–Trinajstić information content (AvgIpc) is 3.32. The number of unbranched alkanes of at least 4 members (excludes halogenated alkanes) is 1. The predicted octanol–water partition coefficient (Wildman–Crippen LogP) is 5.36. The van der Waals surface area contributed by atoms with Gasteiger partial charge in [0.1, 0.15) is 0 Å². The van der Waals surface area contributed by atoms with Crippen LogP contribution in [0.25, 0.3) is 16.9 Å². The lowest BCUT2D eigenvalue weighted by Crippen LogP contribution is -2.24. The van der Waals surface area contributed by atoms with E-state index in [1.165, 1.54) is 0 Å². The topological polar surface area (TPSA) is 52.5 Å². The van der Waals surface area contributed by atoms with Gasteiger partial charge in [0.15, 0.2) is 11.5 Å². The zero-order valence-electron chi connectivity index (χ0n) is 16.5. The van der Waals surface area contributed by atoms with Crippen LogP contribution >= 0.6 is 11.6 Å². The Morgan fingerprint density at radius 1 is 1.10 bits per heavy atom. The van der Waals surface area contributed by atoms with E-state index in [4.69, 9.17) is 21.1 Å². The van der Waals surface area contributed by atoms with Gasteiger partial charge in [-0.05, 0) is 49.2 Å². The van der Waals surface area contributed by atoms with E-state index in [1.54, 1.807) is 0 Å². The summed E-state index contributed by atoms with van der Waals surface area (Å²) in [5.41, 5.74) is 4.32. The molecule has 1 aliphatic heterocycles. The molecule has 1 aromatic heterocycles. The van der Waals surface area contributed by atoms with Crippen molar-refractivity contribution in [3.8, 4) is 28.4 Å². The van der Waals surface area contributed by atoms with Crippen LogP contribution in [0.3, 0.4) is 0 Å². The minimum absolute atomic E-state index is 0.0642. The molecule has 0 fully saturated rings. The summed E-state index contributed by atoms with van der Waals surface area (Å²) in [6.07, 6.45) is 1.99. The molecule has 3 aromatic rings. The van der Waals surface area contributed by atoms with Gasteiger partial charge < -0.3 is 19.4 Å². The Bertz CT molecular complexity index is 1040. The normalized spacial score (nSPS) is 12.2. The highest BCUT2D eigenvalue weighted by atomic mass is 35.5. The van der Waals surface area contributed by atoms with Gasteiger partial charge in [0, 0.05) is 29.0 Å². The molecule has 29 heavy (non-hydrogen) atoms. The molecule has 0 unspecified atom stereocenters. The molecule has 0 radical (unpaired) electrons. The van der Waals surface area contributed by atoms with Gasteiger partial charge in [-0.2, -0.15) is 0 Å². The average molecular weight is 411 g/mol. The number of carbonyl (C=O) groups excluding carboxylic acids is 1. The summed E-state index contributed by atoms with van der Waals surface area (Å²) in [6, 6.07) is 15.4. The van der Waals surface area contributed by atoms with Gasteiger partial charge in [-0.15, -0.1) is 0 Å².